The van der Waals surface area contributed by atoms with E-state index in [1.54, 1.807) is 0 Å². The molecule has 2 aliphatic heterocycles. The van der Waals surface area contributed by atoms with E-state index in [-0.39, 0.29) is 11.9 Å². The minimum atomic E-state index is -0.0140. The number of aromatic nitrogens is 2. The van der Waals surface area contributed by atoms with Crippen molar-refractivity contribution in [3.8, 4) is 0 Å². The molecule has 1 aromatic rings. The van der Waals surface area contributed by atoms with Crippen molar-refractivity contribution in [1.29, 1.82) is 0 Å². The molecule has 1 atom stereocenters. The van der Waals surface area contributed by atoms with Gasteiger partial charge in [0.1, 0.15) is 5.82 Å². The minimum Gasteiger partial charge on any atom is -0.331 e. The Morgan fingerprint density at radius 2 is 1.95 bits per heavy atom. The predicted octanol–water partition coefficient (Wildman–Crippen LogP) is 2.00. The Morgan fingerprint density at radius 1 is 1.23 bits per heavy atom. The number of carbonyl (C=O) groups excluding carboxylic acids is 1. The van der Waals surface area contributed by atoms with E-state index in [2.05, 4.69) is 28.7 Å². The number of amides is 1. The summed E-state index contributed by atoms with van der Waals surface area (Å²) in [7, 11) is 0. The maximum absolute atomic E-state index is 12.7. The van der Waals surface area contributed by atoms with E-state index in [1.807, 2.05) is 18.0 Å². The Kier molecular flexibility index (Phi) is 4.43. The fourth-order valence-corrected chi connectivity index (χ4v) is 3.36. The SMILES string of the molecule is CC(C)Cc1ncc2c(n1)CN(C(=O)[C@@H](C)N1CCCC1)C2. The fourth-order valence-electron chi connectivity index (χ4n) is 3.36. The molecule has 1 fully saturated rings. The van der Waals surface area contributed by atoms with Gasteiger partial charge in [0.15, 0.2) is 0 Å². The standard InChI is InChI=1S/C17H26N4O/c1-12(2)8-16-18-9-14-10-21(11-15(14)19-16)17(22)13(3)20-6-4-5-7-20/h9,12-13H,4-8,10-11H2,1-3H3/t13-/m1/s1. The molecule has 22 heavy (non-hydrogen) atoms. The summed E-state index contributed by atoms with van der Waals surface area (Å²) in [5, 5.41) is 0. The number of carbonyl (C=O) groups is 1. The molecule has 3 rings (SSSR count). The molecule has 3 heterocycles. The number of nitrogens with zero attached hydrogens (tertiary/aromatic N) is 4. The van der Waals surface area contributed by atoms with Gasteiger partial charge >= 0.3 is 0 Å². The third kappa shape index (κ3) is 3.14. The van der Waals surface area contributed by atoms with Crippen LogP contribution in [-0.2, 0) is 24.3 Å². The van der Waals surface area contributed by atoms with Crippen LogP contribution in [0.5, 0.6) is 0 Å². The van der Waals surface area contributed by atoms with Crippen molar-refractivity contribution in [3.63, 3.8) is 0 Å². The molecule has 0 aliphatic carbocycles. The zero-order valence-corrected chi connectivity index (χ0v) is 13.9. The molecule has 0 unspecified atom stereocenters. The molecule has 2 aliphatic rings. The van der Waals surface area contributed by atoms with Gasteiger partial charge in [-0.25, -0.2) is 9.97 Å². The van der Waals surface area contributed by atoms with E-state index in [1.165, 1.54) is 12.8 Å². The highest BCUT2D eigenvalue weighted by atomic mass is 16.2. The van der Waals surface area contributed by atoms with Gasteiger partial charge in [-0.2, -0.15) is 0 Å². The second-order valence-corrected chi connectivity index (χ2v) is 6.97. The summed E-state index contributed by atoms with van der Waals surface area (Å²) in [6.07, 6.45) is 5.23. The van der Waals surface area contributed by atoms with Crippen LogP contribution in [0, 0.1) is 5.92 Å². The van der Waals surface area contributed by atoms with Gasteiger partial charge in [-0.05, 0) is 38.8 Å². The highest BCUT2D eigenvalue weighted by molar-refractivity contribution is 5.82. The summed E-state index contributed by atoms with van der Waals surface area (Å²) in [6.45, 7) is 9.77. The van der Waals surface area contributed by atoms with Gasteiger partial charge < -0.3 is 4.90 Å². The van der Waals surface area contributed by atoms with E-state index in [4.69, 9.17) is 0 Å². The molecular weight excluding hydrogens is 276 g/mol. The third-order valence-corrected chi connectivity index (χ3v) is 4.65. The Labute approximate surface area is 132 Å². The van der Waals surface area contributed by atoms with Crippen molar-refractivity contribution < 1.29 is 4.79 Å². The Bertz CT molecular complexity index is 552. The molecule has 0 saturated carbocycles. The average molecular weight is 302 g/mol. The number of likely N-dealkylation sites (tertiary alicyclic amines) is 1. The quantitative estimate of drug-likeness (QED) is 0.853. The van der Waals surface area contributed by atoms with Crippen LogP contribution < -0.4 is 0 Å². The molecular formula is C17H26N4O. The van der Waals surface area contributed by atoms with Gasteiger partial charge in [0.2, 0.25) is 5.91 Å². The van der Waals surface area contributed by atoms with Crippen molar-refractivity contribution in [1.82, 2.24) is 19.8 Å². The predicted molar refractivity (Wildman–Crippen MR) is 85.1 cm³/mol. The molecule has 120 valence electrons. The molecule has 1 amide bonds. The van der Waals surface area contributed by atoms with Gasteiger partial charge in [0.05, 0.1) is 18.3 Å². The van der Waals surface area contributed by atoms with Crippen molar-refractivity contribution in [3.05, 3.63) is 23.3 Å². The first-order valence-electron chi connectivity index (χ1n) is 8.41. The first kappa shape index (κ1) is 15.4. The molecule has 0 bridgehead atoms. The van der Waals surface area contributed by atoms with Gasteiger partial charge in [0, 0.05) is 24.7 Å². The maximum atomic E-state index is 12.7. The van der Waals surface area contributed by atoms with Crippen molar-refractivity contribution in [2.24, 2.45) is 5.92 Å². The molecule has 0 aromatic carbocycles. The summed E-state index contributed by atoms with van der Waals surface area (Å²) in [5.74, 6) is 1.67. The minimum absolute atomic E-state index is 0.0140. The Morgan fingerprint density at radius 3 is 2.64 bits per heavy atom. The van der Waals surface area contributed by atoms with Crippen LogP contribution in [0.25, 0.3) is 0 Å². The lowest BCUT2D eigenvalue weighted by molar-refractivity contribution is -0.136. The fraction of sp³-hybridized carbons (Fsp3) is 0.706. The van der Waals surface area contributed by atoms with Crippen LogP contribution >= 0.6 is 0 Å². The first-order valence-corrected chi connectivity index (χ1v) is 8.41. The topological polar surface area (TPSA) is 49.3 Å². The van der Waals surface area contributed by atoms with E-state index >= 15 is 0 Å². The lowest BCUT2D eigenvalue weighted by atomic mass is 10.1. The van der Waals surface area contributed by atoms with Crippen LogP contribution in [0.15, 0.2) is 6.20 Å². The maximum Gasteiger partial charge on any atom is 0.240 e. The number of hydrogen-bond acceptors (Lipinski definition) is 4. The van der Waals surface area contributed by atoms with Crippen LogP contribution in [0.1, 0.15) is 50.7 Å². The first-order chi connectivity index (χ1) is 10.5. The second kappa shape index (κ2) is 6.32. The van der Waals surface area contributed by atoms with E-state index in [0.717, 1.165) is 36.6 Å². The van der Waals surface area contributed by atoms with E-state index in [9.17, 15) is 4.79 Å². The number of rotatable bonds is 4. The molecule has 0 radical (unpaired) electrons. The van der Waals surface area contributed by atoms with Crippen molar-refractivity contribution in [2.45, 2.75) is 59.2 Å². The average Bonchev–Trinajstić information content (AvgIpc) is 3.13. The Balaban J connectivity index is 1.67. The largest absolute Gasteiger partial charge is 0.331 e. The number of fused-ring (bicyclic) bond motifs is 1. The molecule has 0 N–H and O–H groups in total. The van der Waals surface area contributed by atoms with Crippen LogP contribution in [0.4, 0.5) is 0 Å². The van der Waals surface area contributed by atoms with Gasteiger partial charge in [0.25, 0.3) is 0 Å². The van der Waals surface area contributed by atoms with Gasteiger partial charge in [-0.3, -0.25) is 9.69 Å². The summed E-state index contributed by atoms with van der Waals surface area (Å²) in [4.78, 5) is 26.0. The molecule has 5 heteroatoms. The van der Waals surface area contributed by atoms with Crippen LogP contribution in [-0.4, -0.2) is 44.8 Å². The van der Waals surface area contributed by atoms with Crippen LogP contribution in [0.3, 0.4) is 0 Å². The molecule has 1 aromatic heterocycles. The van der Waals surface area contributed by atoms with Gasteiger partial charge in [-0.1, -0.05) is 13.8 Å². The van der Waals surface area contributed by atoms with Gasteiger partial charge in [-0.15, -0.1) is 0 Å². The number of hydrogen-bond donors (Lipinski definition) is 0. The van der Waals surface area contributed by atoms with Crippen molar-refractivity contribution >= 4 is 5.91 Å². The third-order valence-electron chi connectivity index (χ3n) is 4.65. The van der Waals surface area contributed by atoms with E-state index in [0.29, 0.717) is 19.0 Å². The Hall–Kier alpha value is -1.49. The summed E-state index contributed by atoms with van der Waals surface area (Å²) in [5.41, 5.74) is 2.14. The lowest BCUT2D eigenvalue weighted by Crippen LogP contribution is -2.44. The molecule has 0 spiro atoms. The molecule has 5 nitrogen and oxygen atoms in total. The summed E-state index contributed by atoms with van der Waals surface area (Å²) < 4.78 is 0. The monoisotopic (exact) mass is 302 g/mol. The zero-order valence-electron chi connectivity index (χ0n) is 13.9. The lowest BCUT2D eigenvalue weighted by Gasteiger charge is -2.27. The highest BCUT2D eigenvalue weighted by Crippen LogP contribution is 2.23. The zero-order chi connectivity index (χ0) is 15.7. The summed E-state index contributed by atoms with van der Waals surface area (Å²) in [6, 6.07) is -0.0140. The normalized spacial score (nSPS) is 19.7. The molecule has 1 saturated heterocycles. The van der Waals surface area contributed by atoms with E-state index < -0.39 is 0 Å². The van der Waals surface area contributed by atoms with Crippen LogP contribution in [0.2, 0.25) is 0 Å². The highest BCUT2D eigenvalue weighted by Gasteiger charge is 2.32. The van der Waals surface area contributed by atoms with Crippen molar-refractivity contribution in [2.75, 3.05) is 13.1 Å². The second-order valence-electron chi connectivity index (χ2n) is 6.97. The summed E-state index contributed by atoms with van der Waals surface area (Å²) >= 11 is 0. The smallest absolute Gasteiger partial charge is 0.240 e.